The van der Waals surface area contributed by atoms with E-state index in [0.29, 0.717) is 28.4 Å². The molecule has 5 heterocycles. The van der Waals surface area contributed by atoms with Gasteiger partial charge in [0, 0.05) is 24.2 Å². The molecule has 1 amide bonds. The van der Waals surface area contributed by atoms with Crippen molar-refractivity contribution in [2.75, 3.05) is 19.6 Å². The molecule has 3 saturated heterocycles. The zero-order chi connectivity index (χ0) is 19.1. The quantitative estimate of drug-likeness (QED) is 0.646. The first kappa shape index (κ1) is 17.0. The Balaban J connectivity index is 1.39. The number of ether oxygens (including phenoxy) is 1. The molecule has 0 aliphatic carbocycles. The van der Waals surface area contributed by atoms with Crippen molar-refractivity contribution in [1.29, 1.82) is 0 Å². The van der Waals surface area contributed by atoms with Crippen molar-refractivity contribution < 1.29 is 14.6 Å². The molecule has 2 bridgehead atoms. The van der Waals surface area contributed by atoms with Crippen LogP contribution in [0.5, 0.6) is 11.5 Å². The number of nitrogens with one attached hydrogen (secondary N) is 2. The Bertz CT molecular complexity index is 1010. The lowest BCUT2D eigenvalue weighted by molar-refractivity contribution is 0.0725. The molecule has 8 heteroatoms. The number of aromatic hydroxyl groups is 1. The number of carbonyl (C=O) groups is 1. The lowest BCUT2D eigenvalue weighted by Crippen LogP contribution is -2.57. The maximum Gasteiger partial charge on any atom is 0.412 e. The first-order valence-corrected chi connectivity index (χ1v) is 9.50. The summed E-state index contributed by atoms with van der Waals surface area (Å²) in [5.41, 5.74) is 1.97. The number of H-pyrrole nitrogens is 1. The molecule has 1 atom stereocenters. The van der Waals surface area contributed by atoms with Crippen LogP contribution in [-0.2, 0) is 0 Å². The normalized spacial score (nSPS) is 23.6. The summed E-state index contributed by atoms with van der Waals surface area (Å²) in [5, 5.41) is 20.0. The van der Waals surface area contributed by atoms with E-state index in [1.54, 1.807) is 36.5 Å². The maximum atomic E-state index is 12.6. The summed E-state index contributed by atoms with van der Waals surface area (Å²) in [5.74, 6) is 1.11. The van der Waals surface area contributed by atoms with Crippen LogP contribution in [0.15, 0.2) is 36.5 Å². The number of aromatic amines is 1. The number of phenols is 1. The van der Waals surface area contributed by atoms with Crippen LogP contribution in [0.25, 0.3) is 22.3 Å². The van der Waals surface area contributed by atoms with E-state index < -0.39 is 6.09 Å². The van der Waals surface area contributed by atoms with Gasteiger partial charge in [-0.25, -0.2) is 9.78 Å². The summed E-state index contributed by atoms with van der Waals surface area (Å²) >= 11 is 0. The van der Waals surface area contributed by atoms with Gasteiger partial charge in [0.2, 0.25) is 0 Å². The summed E-state index contributed by atoms with van der Waals surface area (Å²) < 4.78 is 5.66. The fourth-order valence-corrected chi connectivity index (χ4v) is 4.17. The van der Waals surface area contributed by atoms with Crippen LogP contribution < -0.4 is 10.1 Å². The van der Waals surface area contributed by atoms with Crippen LogP contribution in [0.2, 0.25) is 0 Å². The molecule has 1 aromatic carbocycles. The summed E-state index contributed by atoms with van der Waals surface area (Å²) in [6.45, 7) is 3.12. The van der Waals surface area contributed by atoms with E-state index in [9.17, 15) is 9.90 Å². The predicted octanol–water partition coefficient (Wildman–Crippen LogP) is 2.51. The number of phenolic OH excluding ortho intramolecular Hbond substituents is 1. The van der Waals surface area contributed by atoms with Gasteiger partial charge in [-0.15, -0.1) is 0 Å². The third-order valence-corrected chi connectivity index (χ3v) is 5.71. The lowest BCUT2D eigenvalue weighted by Gasteiger charge is -2.44. The molecule has 3 fully saturated rings. The van der Waals surface area contributed by atoms with Crippen LogP contribution in [0.1, 0.15) is 12.8 Å². The molecule has 8 nitrogen and oxygen atoms in total. The van der Waals surface area contributed by atoms with Crippen LogP contribution in [0.4, 0.5) is 4.79 Å². The highest BCUT2D eigenvalue weighted by molar-refractivity contribution is 5.87. The van der Waals surface area contributed by atoms with Gasteiger partial charge in [0.1, 0.15) is 11.5 Å². The number of fused-ring (bicyclic) bond motifs is 4. The van der Waals surface area contributed by atoms with Gasteiger partial charge in [0.25, 0.3) is 0 Å². The molecule has 3 aliphatic rings. The van der Waals surface area contributed by atoms with E-state index >= 15 is 0 Å². The second-order valence-electron chi connectivity index (χ2n) is 7.46. The van der Waals surface area contributed by atoms with Crippen molar-refractivity contribution in [2.45, 2.75) is 18.9 Å². The molecular weight excluding hydrogens is 358 g/mol. The maximum absolute atomic E-state index is 12.6. The number of amides is 1. The number of rotatable bonds is 3. The van der Waals surface area contributed by atoms with Gasteiger partial charge < -0.3 is 20.1 Å². The third-order valence-electron chi connectivity index (χ3n) is 5.71. The molecule has 3 aromatic rings. The average molecular weight is 379 g/mol. The van der Waals surface area contributed by atoms with Crippen molar-refractivity contribution in [1.82, 2.24) is 25.4 Å². The molecule has 28 heavy (non-hydrogen) atoms. The number of hydrogen-bond acceptors (Lipinski definition) is 6. The largest absolute Gasteiger partial charge is 0.508 e. The minimum Gasteiger partial charge on any atom is -0.508 e. The Morgan fingerprint density at radius 2 is 2.04 bits per heavy atom. The third kappa shape index (κ3) is 3.16. The van der Waals surface area contributed by atoms with Crippen LogP contribution in [0, 0.1) is 5.92 Å². The molecule has 0 spiro atoms. The fourth-order valence-electron chi connectivity index (χ4n) is 4.17. The average Bonchev–Trinajstić information content (AvgIpc) is 3.18. The van der Waals surface area contributed by atoms with Gasteiger partial charge in [-0.2, -0.15) is 5.10 Å². The topological polar surface area (TPSA) is 103 Å². The zero-order valence-electron chi connectivity index (χ0n) is 15.3. The highest BCUT2D eigenvalue weighted by Crippen LogP contribution is 2.31. The van der Waals surface area contributed by atoms with Crippen LogP contribution >= 0.6 is 0 Å². The number of carbonyl (C=O) groups excluding carboxylic acids is 1. The van der Waals surface area contributed by atoms with Gasteiger partial charge in [-0.05, 0) is 56.1 Å². The zero-order valence-corrected chi connectivity index (χ0v) is 15.3. The molecule has 144 valence electrons. The van der Waals surface area contributed by atoms with E-state index in [-0.39, 0.29) is 11.8 Å². The molecule has 0 saturated carbocycles. The van der Waals surface area contributed by atoms with Crippen LogP contribution in [0.3, 0.4) is 0 Å². The molecule has 3 N–H and O–H groups in total. The molecule has 1 unspecified atom stereocenters. The Morgan fingerprint density at radius 1 is 1.25 bits per heavy atom. The minimum absolute atomic E-state index is 0.133. The van der Waals surface area contributed by atoms with Crippen LogP contribution in [-0.4, -0.2) is 57.0 Å². The Morgan fingerprint density at radius 3 is 2.75 bits per heavy atom. The SMILES string of the molecule is O=C(NC1CN2CCC1CC2)Oc1cc(-c2ccc(O)cc2)nc2[nH]ncc12. The summed E-state index contributed by atoms with van der Waals surface area (Å²) in [4.78, 5) is 19.5. The standard InChI is InChI=1S/C20H21N5O3/c26-14-3-1-12(2-4-14)16-9-18(15-10-21-24-19(15)22-16)28-20(27)23-17-11-25-7-5-13(17)6-8-25/h1-4,9-10,13,17,26H,5-8,11H2,(H,23,27)(H,21,22,24). The number of pyridine rings is 1. The van der Waals surface area contributed by atoms with E-state index in [1.807, 2.05) is 0 Å². The fraction of sp³-hybridized carbons (Fsp3) is 0.350. The van der Waals surface area contributed by atoms with Crippen molar-refractivity contribution in [3.05, 3.63) is 36.5 Å². The van der Waals surface area contributed by atoms with Crippen molar-refractivity contribution in [2.24, 2.45) is 5.92 Å². The molecule has 6 rings (SSSR count). The van der Waals surface area contributed by atoms with Crippen molar-refractivity contribution >= 4 is 17.1 Å². The van der Waals surface area contributed by atoms with Gasteiger partial charge >= 0.3 is 6.09 Å². The van der Waals surface area contributed by atoms with Gasteiger partial charge in [-0.3, -0.25) is 5.10 Å². The summed E-state index contributed by atoms with van der Waals surface area (Å²) in [7, 11) is 0. The molecule has 0 radical (unpaired) electrons. The number of hydrogen-bond donors (Lipinski definition) is 3. The Labute approximate surface area is 161 Å². The monoisotopic (exact) mass is 379 g/mol. The Kier molecular flexibility index (Phi) is 4.12. The second-order valence-corrected chi connectivity index (χ2v) is 7.46. The summed E-state index contributed by atoms with van der Waals surface area (Å²) in [6.07, 6.45) is 3.39. The van der Waals surface area contributed by atoms with Crippen molar-refractivity contribution in [3.63, 3.8) is 0 Å². The molecule has 3 aliphatic heterocycles. The van der Waals surface area contributed by atoms with Crippen molar-refractivity contribution in [3.8, 4) is 22.8 Å². The van der Waals surface area contributed by atoms with Gasteiger partial charge in [-0.1, -0.05) is 0 Å². The molecule has 2 aromatic heterocycles. The number of nitrogens with zero attached hydrogens (tertiary/aromatic N) is 3. The van der Waals surface area contributed by atoms with E-state index in [4.69, 9.17) is 4.74 Å². The van der Waals surface area contributed by atoms with E-state index in [0.717, 1.165) is 38.0 Å². The number of aromatic nitrogens is 3. The first-order chi connectivity index (χ1) is 13.7. The minimum atomic E-state index is -0.455. The second kappa shape index (κ2) is 6.79. The van der Waals surface area contributed by atoms with E-state index in [1.165, 1.54) is 0 Å². The smallest absolute Gasteiger partial charge is 0.412 e. The Hall–Kier alpha value is -3.13. The highest BCUT2D eigenvalue weighted by Gasteiger charge is 2.35. The van der Waals surface area contributed by atoms with Gasteiger partial charge in [0.15, 0.2) is 5.65 Å². The highest BCUT2D eigenvalue weighted by atomic mass is 16.6. The number of piperidine rings is 3. The summed E-state index contributed by atoms with van der Waals surface area (Å²) in [6, 6.07) is 8.56. The lowest BCUT2D eigenvalue weighted by atomic mass is 9.84. The first-order valence-electron chi connectivity index (χ1n) is 9.50. The predicted molar refractivity (Wildman–Crippen MR) is 103 cm³/mol. The van der Waals surface area contributed by atoms with Gasteiger partial charge in [0.05, 0.1) is 17.3 Å². The van der Waals surface area contributed by atoms with E-state index in [2.05, 4.69) is 25.4 Å². The molecular formula is C20H21N5O3. The number of benzene rings is 1.